The monoisotopic (exact) mass is 433 g/mol. The molecule has 2 atom stereocenters. The topological polar surface area (TPSA) is 76.8 Å². The lowest BCUT2D eigenvalue weighted by atomic mass is 9.90. The summed E-state index contributed by atoms with van der Waals surface area (Å²) in [7, 11) is 0. The number of hydrogen-bond donors (Lipinski definition) is 2. The molecule has 2 unspecified atom stereocenters. The minimum absolute atomic E-state index is 0. The fourth-order valence-electron chi connectivity index (χ4n) is 3.76. The molecule has 1 amide bonds. The lowest BCUT2D eigenvalue weighted by Gasteiger charge is -2.35. The lowest BCUT2D eigenvalue weighted by Crippen LogP contribution is -2.56. The number of nitrogens with one attached hydrogen (secondary N) is 1. The average Bonchev–Trinajstić information content (AvgIpc) is 2.60. The minimum atomic E-state index is -0.790. The SMILES string of the molecule is CC1CN(Cc2ccc(CNC(=O)C3(N)CCOCC3)cc2)CC(C)O1.Cl.Cl. The molecule has 8 heteroatoms. The van der Waals surface area contributed by atoms with E-state index in [1.54, 1.807) is 0 Å². The molecule has 0 bridgehead atoms. The van der Waals surface area contributed by atoms with Crippen molar-refractivity contribution < 1.29 is 14.3 Å². The minimum Gasteiger partial charge on any atom is -0.381 e. The van der Waals surface area contributed by atoms with Crippen molar-refractivity contribution in [2.45, 2.75) is 57.5 Å². The molecule has 1 aromatic rings. The summed E-state index contributed by atoms with van der Waals surface area (Å²) >= 11 is 0. The van der Waals surface area contributed by atoms with Gasteiger partial charge in [-0.25, -0.2) is 0 Å². The number of rotatable bonds is 5. The highest BCUT2D eigenvalue weighted by Gasteiger charge is 2.35. The van der Waals surface area contributed by atoms with Crippen LogP contribution in [0.5, 0.6) is 0 Å². The maximum absolute atomic E-state index is 12.4. The largest absolute Gasteiger partial charge is 0.381 e. The summed E-state index contributed by atoms with van der Waals surface area (Å²) in [6, 6.07) is 8.43. The van der Waals surface area contributed by atoms with Crippen LogP contribution in [0, 0.1) is 0 Å². The first-order valence-corrected chi connectivity index (χ1v) is 9.55. The van der Waals surface area contributed by atoms with Gasteiger partial charge >= 0.3 is 0 Å². The molecule has 2 saturated heterocycles. The zero-order valence-corrected chi connectivity index (χ0v) is 18.3. The van der Waals surface area contributed by atoms with E-state index in [9.17, 15) is 4.79 Å². The van der Waals surface area contributed by atoms with Crippen LogP contribution in [0.15, 0.2) is 24.3 Å². The van der Waals surface area contributed by atoms with E-state index >= 15 is 0 Å². The van der Waals surface area contributed by atoms with Crippen LogP contribution < -0.4 is 11.1 Å². The second-order valence-corrected chi connectivity index (χ2v) is 7.72. The van der Waals surface area contributed by atoms with Gasteiger partial charge in [-0.05, 0) is 37.8 Å². The quantitative estimate of drug-likeness (QED) is 0.744. The first-order chi connectivity index (χ1) is 12.4. The second kappa shape index (κ2) is 11.3. The average molecular weight is 434 g/mol. The predicted molar refractivity (Wildman–Crippen MR) is 115 cm³/mol. The van der Waals surface area contributed by atoms with Crippen molar-refractivity contribution in [1.29, 1.82) is 0 Å². The van der Waals surface area contributed by atoms with Gasteiger partial charge in [-0.3, -0.25) is 9.69 Å². The first kappa shape index (κ1) is 25.1. The summed E-state index contributed by atoms with van der Waals surface area (Å²) in [4.78, 5) is 14.8. The maximum Gasteiger partial charge on any atom is 0.240 e. The number of halogens is 2. The molecule has 6 nitrogen and oxygen atoms in total. The molecule has 0 radical (unpaired) electrons. The van der Waals surface area contributed by atoms with Crippen LogP contribution in [0.4, 0.5) is 0 Å². The fourth-order valence-corrected chi connectivity index (χ4v) is 3.76. The Hall–Kier alpha value is -0.890. The van der Waals surface area contributed by atoms with Gasteiger partial charge in [0.1, 0.15) is 0 Å². The summed E-state index contributed by atoms with van der Waals surface area (Å²) in [5.74, 6) is -0.0823. The van der Waals surface area contributed by atoms with Gasteiger partial charge in [-0.2, -0.15) is 0 Å². The molecule has 3 rings (SSSR count). The summed E-state index contributed by atoms with van der Waals surface area (Å²) in [6.07, 6.45) is 1.71. The number of hydrogen-bond acceptors (Lipinski definition) is 5. The number of benzene rings is 1. The Morgan fingerprint density at radius 1 is 1.11 bits per heavy atom. The van der Waals surface area contributed by atoms with E-state index in [1.807, 2.05) is 0 Å². The van der Waals surface area contributed by atoms with Crippen molar-refractivity contribution in [2.75, 3.05) is 26.3 Å². The van der Waals surface area contributed by atoms with E-state index < -0.39 is 5.54 Å². The van der Waals surface area contributed by atoms with Gasteiger partial charge in [-0.15, -0.1) is 24.8 Å². The summed E-state index contributed by atoms with van der Waals surface area (Å²) in [5, 5.41) is 2.98. The molecule has 28 heavy (non-hydrogen) atoms. The standard InChI is InChI=1S/C20H31N3O3.2ClH/c1-15-12-23(13-16(2)26-15)14-18-5-3-17(4-6-18)11-22-19(24)20(21)7-9-25-10-8-20;;/h3-6,15-16H,7-14,21H2,1-2H3,(H,22,24);2*1H. The van der Waals surface area contributed by atoms with Crippen LogP contribution in [0.1, 0.15) is 37.8 Å². The molecule has 0 saturated carbocycles. The van der Waals surface area contributed by atoms with Crippen molar-refractivity contribution >= 4 is 30.7 Å². The summed E-state index contributed by atoms with van der Waals surface area (Å²) in [6.45, 7) is 8.71. The Balaban J connectivity index is 0.00000196. The van der Waals surface area contributed by atoms with Crippen molar-refractivity contribution in [2.24, 2.45) is 5.73 Å². The smallest absolute Gasteiger partial charge is 0.240 e. The number of carbonyl (C=O) groups is 1. The normalized spacial score (nSPS) is 24.5. The Kier molecular flexibility index (Phi) is 10.2. The van der Waals surface area contributed by atoms with E-state index in [-0.39, 0.29) is 42.9 Å². The third-order valence-electron chi connectivity index (χ3n) is 5.21. The van der Waals surface area contributed by atoms with E-state index in [1.165, 1.54) is 5.56 Å². The summed E-state index contributed by atoms with van der Waals surface area (Å²) < 4.78 is 11.1. The maximum atomic E-state index is 12.4. The van der Waals surface area contributed by atoms with Crippen LogP contribution in [0.25, 0.3) is 0 Å². The molecule has 3 N–H and O–H groups in total. The predicted octanol–water partition coefficient (Wildman–Crippen LogP) is 2.26. The molecule has 1 aromatic carbocycles. The molecule has 0 aromatic heterocycles. The highest BCUT2D eigenvalue weighted by atomic mass is 35.5. The molecule has 0 aliphatic carbocycles. The van der Waals surface area contributed by atoms with Gasteiger partial charge in [0, 0.05) is 39.4 Å². The van der Waals surface area contributed by atoms with Gasteiger partial charge < -0.3 is 20.5 Å². The molecule has 0 spiro atoms. The van der Waals surface area contributed by atoms with Crippen LogP contribution in [0.3, 0.4) is 0 Å². The number of nitrogens with zero attached hydrogens (tertiary/aromatic N) is 1. The highest BCUT2D eigenvalue weighted by molar-refractivity contribution is 5.86. The molecule has 2 aliphatic rings. The number of ether oxygens (including phenoxy) is 2. The molecule has 2 aliphatic heterocycles. The molecule has 160 valence electrons. The number of nitrogens with two attached hydrogens (primary N) is 1. The number of carbonyl (C=O) groups excluding carboxylic acids is 1. The van der Waals surface area contributed by atoms with Crippen molar-refractivity contribution in [3.63, 3.8) is 0 Å². The van der Waals surface area contributed by atoms with E-state index in [4.69, 9.17) is 15.2 Å². The van der Waals surface area contributed by atoms with Gasteiger partial charge in [0.05, 0.1) is 17.7 Å². The van der Waals surface area contributed by atoms with Crippen LogP contribution in [-0.4, -0.2) is 54.9 Å². The third-order valence-corrected chi connectivity index (χ3v) is 5.21. The molecule has 2 heterocycles. The second-order valence-electron chi connectivity index (χ2n) is 7.72. The van der Waals surface area contributed by atoms with Crippen molar-refractivity contribution in [3.8, 4) is 0 Å². The highest BCUT2D eigenvalue weighted by Crippen LogP contribution is 2.18. The zero-order valence-electron chi connectivity index (χ0n) is 16.7. The van der Waals surface area contributed by atoms with Gasteiger partial charge in [0.25, 0.3) is 0 Å². The van der Waals surface area contributed by atoms with E-state index in [0.29, 0.717) is 32.6 Å². The molecule has 2 fully saturated rings. The molecular formula is C20H33Cl2N3O3. The summed E-state index contributed by atoms with van der Waals surface area (Å²) in [5.41, 5.74) is 7.78. The van der Waals surface area contributed by atoms with Crippen LogP contribution in [-0.2, 0) is 27.4 Å². The lowest BCUT2D eigenvalue weighted by molar-refractivity contribution is -0.129. The van der Waals surface area contributed by atoms with Gasteiger partial charge in [0.15, 0.2) is 0 Å². The zero-order chi connectivity index (χ0) is 18.6. The van der Waals surface area contributed by atoms with Gasteiger partial charge in [0.2, 0.25) is 5.91 Å². The van der Waals surface area contributed by atoms with Gasteiger partial charge in [-0.1, -0.05) is 24.3 Å². The van der Waals surface area contributed by atoms with Crippen molar-refractivity contribution in [3.05, 3.63) is 35.4 Å². The van der Waals surface area contributed by atoms with Crippen LogP contribution in [0.2, 0.25) is 0 Å². The Bertz CT molecular complexity index is 599. The first-order valence-electron chi connectivity index (χ1n) is 9.55. The molecular weight excluding hydrogens is 401 g/mol. The van der Waals surface area contributed by atoms with E-state index in [0.717, 1.165) is 25.2 Å². The third kappa shape index (κ3) is 6.87. The fraction of sp³-hybridized carbons (Fsp3) is 0.650. The Morgan fingerprint density at radius 2 is 1.64 bits per heavy atom. The van der Waals surface area contributed by atoms with Crippen molar-refractivity contribution in [1.82, 2.24) is 10.2 Å². The number of amides is 1. The Labute approximate surface area is 180 Å². The van der Waals surface area contributed by atoms with E-state index in [2.05, 4.69) is 48.3 Å². The van der Waals surface area contributed by atoms with Crippen LogP contribution >= 0.6 is 24.8 Å². The number of morpholine rings is 1. The Morgan fingerprint density at radius 3 is 2.21 bits per heavy atom.